The van der Waals surface area contributed by atoms with Gasteiger partial charge in [-0.05, 0) is 24.8 Å². The molecule has 0 aliphatic heterocycles. The molecule has 0 N–H and O–H groups in total. The molecule has 0 bridgehead atoms. The number of amides is 1. The Bertz CT molecular complexity index is 678. The molecule has 0 saturated carbocycles. The minimum atomic E-state index is 0.133. The Morgan fingerprint density at radius 3 is 2.46 bits per heavy atom. The van der Waals surface area contributed by atoms with Crippen LogP contribution in [0, 0.1) is 0 Å². The monoisotopic (exact) mass is 374 g/mol. The van der Waals surface area contributed by atoms with Crippen LogP contribution in [0.4, 0.5) is 0 Å². The van der Waals surface area contributed by atoms with E-state index in [0.29, 0.717) is 19.6 Å². The summed E-state index contributed by atoms with van der Waals surface area (Å²) in [5.41, 5.74) is 3.28. The van der Waals surface area contributed by atoms with Crippen molar-refractivity contribution in [3.8, 4) is 10.6 Å². The zero-order valence-corrected chi connectivity index (χ0v) is 17.1. The van der Waals surface area contributed by atoms with Gasteiger partial charge < -0.3 is 9.64 Å². The fourth-order valence-electron chi connectivity index (χ4n) is 3.09. The molecule has 1 aromatic carbocycles. The number of ether oxygens (including phenoxy) is 1. The molecule has 0 fully saturated rings. The van der Waals surface area contributed by atoms with Crippen LogP contribution in [-0.4, -0.2) is 42.1 Å². The highest BCUT2D eigenvalue weighted by molar-refractivity contribution is 7.13. The normalized spacial score (nSPS) is 11.1. The summed E-state index contributed by atoms with van der Waals surface area (Å²) in [4.78, 5) is 19.5. The maximum absolute atomic E-state index is 12.8. The first-order valence-electron chi connectivity index (χ1n) is 9.44. The van der Waals surface area contributed by atoms with Gasteiger partial charge in [0.2, 0.25) is 5.91 Å². The lowest BCUT2D eigenvalue weighted by Gasteiger charge is -2.30. The Morgan fingerprint density at radius 1 is 1.19 bits per heavy atom. The molecule has 2 aromatic rings. The Kier molecular flexibility index (Phi) is 8.26. The average Bonchev–Trinajstić information content (AvgIpc) is 3.13. The lowest BCUT2D eigenvalue weighted by molar-refractivity contribution is -0.133. The van der Waals surface area contributed by atoms with E-state index in [4.69, 9.17) is 4.74 Å². The summed E-state index contributed by atoms with van der Waals surface area (Å²) < 4.78 is 5.19. The fraction of sp³-hybridized carbons (Fsp3) is 0.524. The van der Waals surface area contributed by atoms with Crippen LogP contribution in [0.5, 0.6) is 0 Å². The van der Waals surface area contributed by atoms with Crippen molar-refractivity contribution in [1.82, 2.24) is 9.88 Å². The smallest absolute Gasteiger partial charge is 0.228 e. The highest BCUT2D eigenvalue weighted by Crippen LogP contribution is 2.25. The molecule has 4 nitrogen and oxygen atoms in total. The summed E-state index contributed by atoms with van der Waals surface area (Å²) in [6, 6.07) is 8.76. The molecule has 142 valence electrons. The van der Waals surface area contributed by atoms with Gasteiger partial charge in [-0.1, -0.05) is 45.0 Å². The first-order valence-corrected chi connectivity index (χ1v) is 10.3. The van der Waals surface area contributed by atoms with Gasteiger partial charge in [-0.25, -0.2) is 4.98 Å². The minimum absolute atomic E-state index is 0.133. The zero-order valence-electron chi connectivity index (χ0n) is 16.3. The molecule has 0 saturated heterocycles. The highest BCUT2D eigenvalue weighted by Gasteiger charge is 2.22. The standard InChI is InChI=1S/C21H30N2O2S/c1-5-16-8-10-17(11-9-16)21-22-18(15-26-21)14-20(24)23(12-13-25-4)19(6-2)7-3/h8-11,15,19H,5-7,12-14H2,1-4H3. The number of thiazole rings is 1. The largest absolute Gasteiger partial charge is 0.383 e. The van der Waals surface area contributed by atoms with Crippen molar-refractivity contribution in [3.63, 3.8) is 0 Å². The SMILES string of the molecule is CCc1ccc(-c2nc(CC(=O)N(CCOC)C(CC)CC)cs2)cc1. The summed E-state index contributed by atoms with van der Waals surface area (Å²) >= 11 is 1.60. The number of aryl methyl sites for hydroxylation is 1. The predicted octanol–water partition coefficient (Wildman–Crippen LogP) is 4.58. The van der Waals surface area contributed by atoms with Gasteiger partial charge in [-0.3, -0.25) is 4.79 Å². The number of carbonyl (C=O) groups is 1. The molecule has 0 aliphatic rings. The van der Waals surface area contributed by atoms with E-state index in [1.807, 2.05) is 10.3 Å². The van der Waals surface area contributed by atoms with Gasteiger partial charge in [0.15, 0.2) is 0 Å². The van der Waals surface area contributed by atoms with Crippen molar-refractivity contribution in [2.45, 2.75) is 52.5 Å². The molecular formula is C21H30N2O2S. The van der Waals surface area contributed by atoms with E-state index in [0.717, 1.165) is 35.5 Å². The second-order valence-corrected chi connectivity index (χ2v) is 7.28. The Hall–Kier alpha value is -1.72. The molecule has 0 unspecified atom stereocenters. The maximum atomic E-state index is 12.8. The first kappa shape index (κ1) is 20.6. The molecule has 0 aliphatic carbocycles. The highest BCUT2D eigenvalue weighted by atomic mass is 32.1. The van der Waals surface area contributed by atoms with Crippen molar-refractivity contribution < 1.29 is 9.53 Å². The van der Waals surface area contributed by atoms with E-state index >= 15 is 0 Å². The van der Waals surface area contributed by atoms with Crippen LogP contribution in [0.2, 0.25) is 0 Å². The number of carbonyl (C=O) groups excluding carboxylic acids is 1. The molecule has 0 spiro atoms. The average molecular weight is 375 g/mol. The zero-order chi connectivity index (χ0) is 18.9. The van der Waals surface area contributed by atoms with Crippen molar-refractivity contribution in [2.24, 2.45) is 0 Å². The fourth-order valence-corrected chi connectivity index (χ4v) is 3.92. The Balaban J connectivity index is 2.08. The molecule has 1 amide bonds. The quantitative estimate of drug-likeness (QED) is 0.611. The van der Waals surface area contributed by atoms with E-state index in [1.165, 1.54) is 5.56 Å². The molecule has 1 aromatic heterocycles. The molecular weight excluding hydrogens is 344 g/mol. The summed E-state index contributed by atoms with van der Waals surface area (Å²) in [6.45, 7) is 7.60. The topological polar surface area (TPSA) is 42.4 Å². The van der Waals surface area contributed by atoms with E-state index in [1.54, 1.807) is 18.4 Å². The second-order valence-electron chi connectivity index (χ2n) is 6.42. The molecule has 0 radical (unpaired) electrons. The van der Waals surface area contributed by atoms with Crippen LogP contribution in [0.1, 0.15) is 44.9 Å². The van der Waals surface area contributed by atoms with E-state index in [2.05, 4.69) is 50.0 Å². The summed E-state index contributed by atoms with van der Waals surface area (Å²) in [7, 11) is 1.67. The van der Waals surface area contributed by atoms with Gasteiger partial charge in [0.1, 0.15) is 5.01 Å². The van der Waals surface area contributed by atoms with Crippen molar-refractivity contribution in [2.75, 3.05) is 20.3 Å². The number of hydrogen-bond acceptors (Lipinski definition) is 4. The van der Waals surface area contributed by atoms with Crippen LogP contribution in [0.25, 0.3) is 10.6 Å². The van der Waals surface area contributed by atoms with E-state index < -0.39 is 0 Å². The molecule has 5 heteroatoms. The lowest BCUT2D eigenvalue weighted by atomic mass is 10.1. The van der Waals surface area contributed by atoms with Crippen LogP contribution < -0.4 is 0 Å². The lowest BCUT2D eigenvalue weighted by Crippen LogP contribution is -2.42. The third kappa shape index (κ3) is 5.39. The summed E-state index contributed by atoms with van der Waals surface area (Å²) in [5, 5.41) is 2.98. The molecule has 2 rings (SSSR count). The molecule has 1 heterocycles. The molecule has 26 heavy (non-hydrogen) atoms. The van der Waals surface area contributed by atoms with E-state index in [-0.39, 0.29) is 11.9 Å². The number of aromatic nitrogens is 1. The predicted molar refractivity (Wildman–Crippen MR) is 109 cm³/mol. The Morgan fingerprint density at radius 2 is 1.88 bits per heavy atom. The first-order chi connectivity index (χ1) is 12.6. The number of benzene rings is 1. The number of methoxy groups -OCH3 is 1. The third-order valence-corrected chi connectivity index (χ3v) is 5.67. The van der Waals surface area contributed by atoms with Gasteiger partial charge in [-0.2, -0.15) is 0 Å². The van der Waals surface area contributed by atoms with Crippen LogP contribution in [0.3, 0.4) is 0 Å². The Labute approximate surface area is 161 Å². The minimum Gasteiger partial charge on any atom is -0.383 e. The van der Waals surface area contributed by atoms with Crippen LogP contribution in [0.15, 0.2) is 29.6 Å². The number of rotatable bonds is 10. The summed E-state index contributed by atoms with van der Waals surface area (Å²) in [6.07, 6.45) is 3.30. The van der Waals surface area contributed by atoms with Crippen molar-refractivity contribution >= 4 is 17.2 Å². The van der Waals surface area contributed by atoms with Crippen molar-refractivity contribution in [3.05, 3.63) is 40.9 Å². The number of hydrogen-bond donors (Lipinski definition) is 0. The van der Waals surface area contributed by atoms with E-state index in [9.17, 15) is 4.79 Å². The van der Waals surface area contributed by atoms with Gasteiger partial charge in [0, 0.05) is 30.6 Å². The van der Waals surface area contributed by atoms with Crippen LogP contribution in [-0.2, 0) is 22.4 Å². The summed E-state index contributed by atoms with van der Waals surface area (Å²) in [5.74, 6) is 0.133. The maximum Gasteiger partial charge on any atom is 0.228 e. The van der Waals surface area contributed by atoms with Gasteiger partial charge in [0.25, 0.3) is 0 Å². The third-order valence-electron chi connectivity index (χ3n) is 4.73. The van der Waals surface area contributed by atoms with Crippen molar-refractivity contribution in [1.29, 1.82) is 0 Å². The molecule has 0 atom stereocenters. The second kappa shape index (κ2) is 10.4. The van der Waals surface area contributed by atoms with Gasteiger partial charge in [0.05, 0.1) is 18.7 Å². The van der Waals surface area contributed by atoms with Gasteiger partial charge >= 0.3 is 0 Å². The number of nitrogens with zero attached hydrogens (tertiary/aromatic N) is 2. The van der Waals surface area contributed by atoms with Gasteiger partial charge in [-0.15, -0.1) is 11.3 Å². The van der Waals surface area contributed by atoms with Crippen LogP contribution >= 0.6 is 11.3 Å².